The third-order valence-electron chi connectivity index (χ3n) is 3.95. The zero-order valence-corrected chi connectivity index (χ0v) is 13.8. The van der Waals surface area contributed by atoms with Crippen molar-refractivity contribution in [3.63, 3.8) is 0 Å². The molecule has 0 heterocycles. The molecule has 1 atom stereocenters. The van der Waals surface area contributed by atoms with Crippen molar-refractivity contribution in [1.82, 2.24) is 5.32 Å². The standard InChI is InChI=1S/C18H27NO3/c1-18(2,3)19-10-14(21)12-22-17-9-8-13(11-20)15-6-4-5-7-16(15)17/h8-9,11,14,19,21H,4-7,10,12H2,1-3H3. The van der Waals surface area contributed by atoms with Crippen LogP contribution in [0.15, 0.2) is 12.1 Å². The molecule has 1 aliphatic carbocycles. The van der Waals surface area contributed by atoms with E-state index < -0.39 is 6.10 Å². The lowest BCUT2D eigenvalue weighted by atomic mass is 9.88. The van der Waals surface area contributed by atoms with E-state index >= 15 is 0 Å². The number of benzene rings is 1. The lowest BCUT2D eigenvalue weighted by Gasteiger charge is -2.24. The third-order valence-corrected chi connectivity index (χ3v) is 3.95. The largest absolute Gasteiger partial charge is 0.491 e. The van der Waals surface area contributed by atoms with Gasteiger partial charge < -0.3 is 15.2 Å². The van der Waals surface area contributed by atoms with Gasteiger partial charge in [-0.15, -0.1) is 0 Å². The molecule has 0 spiro atoms. The maximum absolute atomic E-state index is 11.1. The minimum atomic E-state index is -0.552. The lowest BCUT2D eigenvalue weighted by molar-refractivity contribution is 0.0993. The lowest BCUT2D eigenvalue weighted by Crippen LogP contribution is -2.42. The first-order valence-corrected chi connectivity index (χ1v) is 8.06. The number of rotatable bonds is 6. The zero-order chi connectivity index (χ0) is 16.2. The smallest absolute Gasteiger partial charge is 0.150 e. The normalized spacial score (nSPS) is 16.0. The van der Waals surface area contributed by atoms with E-state index in [0.717, 1.165) is 54.4 Å². The number of aldehydes is 1. The number of aliphatic hydroxyl groups excluding tert-OH is 1. The molecule has 2 N–H and O–H groups in total. The van der Waals surface area contributed by atoms with Gasteiger partial charge in [-0.2, -0.15) is 0 Å². The highest BCUT2D eigenvalue weighted by Crippen LogP contribution is 2.31. The molecule has 22 heavy (non-hydrogen) atoms. The number of carbonyl (C=O) groups is 1. The van der Waals surface area contributed by atoms with Gasteiger partial charge in [0.25, 0.3) is 0 Å². The molecule has 0 amide bonds. The van der Waals surface area contributed by atoms with Gasteiger partial charge in [0.2, 0.25) is 0 Å². The van der Waals surface area contributed by atoms with Crippen molar-refractivity contribution in [3.05, 3.63) is 28.8 Å². The first-order valence-electron chi connectivity index (χ1n) is 8.06. The predicted molar refractivity (Wildman–Crippen MR) is 87.7 cm³/mol. The quantitative estimate of drug-likeness (QED) is 0.793. The van der Waals surface area contributed by atoms with Crippen molar-refractivity contribution >= 4 is 6.29 Å². The number of hydrogen-bond acceptors (Lipinski definition) is 4. The third kappa shape index (κ3) is 4.55. The first-order chi connectivity index (χ1) is 10.4. The molecule has 0 saturated heterocycles. The molecule has 0 radical (unpaired) electrons. The van der Waals surface area contributed by atoms with Crippen molar-refractivity contribution in [2.45, 2.75) is 58.1 Å². The zero-order valence-electron chi connectivity index (χ0n) is 13.8. The van der Waals surface area contributed by atoms with Crippen LogP contribution in [0.5, 0.6) is 5.75 Å². The Balaban J connectivity index is 2.00. The SMILES string of the molecule is CC(C)(C)NCC(O)COc1ccc(C=O)c2c1CCCC2. The predicted octanol–water partition coefficient (Wildman–Crippen LogP) is 2.51. The summed E-state index contributed by atoms with van der Waals surface area (Å²) in [6, 6.07) is 3.68. The van der Waals surface area contributed by atoms with Crippen LogP contribution in [0.2, 0.25) is 0 Å². The van der Waals surface area contributed by atoms with E-state index in [4.69, 9.17) is 4.74 Å². The first kappa shape index (κ1) is 17.0. The Morgan fingerprint density at radius 1 is 1.27 bits per heavy atom. The summed E-state index contributed by atoms with van der Waals surface area (Å²) in [4.78, 5) is 11.1. The van der Waals surface area contributed by atoms with E-state index in [9.17, 15) is 9.90 Å². The van der Waals surface area contributed by atoms with Gasteiger partial charge in [0, 0.05) is 17.6 Å². The topological polar surface area (TPSA) is 58.6 Å². The molecule has 1 unspecified atom stereocenters. The molecule has 1 aliphatic rings. The van der Waals surface area contributed by atoms with Crippen LogP contribution in [0.3, 0.4) is 0 Å². The summed E-state index contributed by atoms with van der Waals surface area (Å²) in [7, 11) is 0. The Bertz CT molecular complexity index is 520. The van der Waals surface area contributed by atoms with Crippen molar-refractivity contribution < 1.29 is 14.6 Å². The van der Waals surface area contributed by atoms with Crippen LogP contribution in [0.1, 0.15) is 55.1 Å². The Kier molecular flexibility index (Phi) is 5.59. The maximum Gasteiger partial charge on any atom is 0.150 e. The second-order valence-electron chi connectivity index (χ2n) is 7.03. The molecule has 122 valence electrons. The van der Waals surface area contributed by atoms with Crippen LogP contribution in [-0.2, 0) is 12.8 Å². The molecule has 0 aromatic heterocycles. The van der Waals surface area contributed by atoms with Gasteiger partial charge in [0.05, 0.1) is 0 Å². The van der Waals surface area contributed by atoms with Crippen molar-refractivity contribution in [1.29, 1.82) is 0 Å². The van der Waals surface area contributed by atoms with Gasteiger partial charge in [-0.25, -0.2) is 0 Å². The van der Waals surface area contributed by atoms with Gasteiger partial charge in [-0.1, -0.05) is 0 Å². The second-order valence-corrected chi connectivity index (χ2v) is 7.03. The van der Waals surface area contributed by atoms with E-state index in [0.29, 0.717) is 6.54 Å². The van der Waals surface area contributed by atoms with E-state index in [2.05, 4.69) is 26.1 Å². The maximum atomic E-state index is 11.1. The highest BCUT2D eigenvalue weighted by atomic mass is 16.5. The van der Waals surface area contributed by atoms with Crippen molar-refractivity contribution in [2.75, 3.05) is 13.2 Å². The van der Waals surface area contributed by atoms with Crippen LogP contribution >= 0.6 is 0 Å². The molecule has 1 aromatic carbocycles. The highest BCUT2D eigenvalue weighted by molar-refractivity contribution is 5.79. The summed E-state index contributed by atoms with van der Waals surface area (Å²) in [5, 5.41) is 13.3. The molecule has 1 aromatic rings. The van der Waals surface area contributed by atoms with Crippen LogP contribution < -0.4 is 10.1 Å². The minimum Gasteiger partial charge on any atom is -0.491 e. The number of β-amino-alcohol motifs (C(OH)–C–C–N with tert-alkyl or cyclic N) is 1. The molecule has 4 heteroatoms. The average molecular weight is 305 g/mol. The van der Waals surface area contributed by atoms with E-state index in [1.165, 1.54) is 0 Å². The molecule has 2 rings (SSSR count). The van der Waals surface area contributed by atoms with Gasteiger partial charge in [0.1, 0.15) is 24.7 Å². The summed E-state index contributed by atoms with van der Waals surface area (Å²) in [5.41, 5.74) is 3.02. The van der Waals surface area contributed by atoms with Crippen LogP contribution in [0.4, 0.5) is 0 Å². The van der Waals surface area contributed by atoms with Crippen LogP contribution in [-0.4, -0.2) is 36.2 Å². The monoisotopic (exact) mass is 305 g/mol. The van der Waals surface area contributed by atoms with Crippen molar-refractivity contribution in [3.8, 4) is 5.75 Å². The highest BCUT2D eigenvalue weighted by Gasteiger charge is 2.19. The Hall–Kier alpha value is -1.39. The number of carbonyl (C=O) groups excluding carboxylic acids is 1. The van der Waals surface area contributed by atoms with Crippen molar-refractivity contribution in [2.24, 2.45) is 0 Å². The van der Waals surface area contributed by atoms with Gasteiger partial charge in [-0.05, 0) is 69.7 Å². The summed E-state index contributed by atoms with van der Waals surface area (Å²) in [6.45, 7) is 6.95. The molecule has 0 saturated carbocycles. The molecular weight excluding hydrogens is 278 g/mol. The molecule has 0 fully saturated rings. The van der Waals surface area contributed by atoms with Gasteiger partial charge >= 0.3 is 0 Å². The second kappa shape index (κ2) is 7.25. The van der Waals surface area contributed by atoms with Crippen LogP contribution in [0, 0.1) is 0 Å². The summed E-state index contributed by atoms with van der Waals surface area (Å²) in [6.07, 6.45) is 4.51. The minimum absolute atomic E-state index is 0.0221. The number of ether oxygens (including phenoxy) is 1. The van der Waals surface area contributed by atoms with E-state index in [1.807, 2.05) is 12.1 Å². The summed E-state index contributed by atoms with van der Waals surface area (Å²) >= 11 is 0. The Morgan fingerprint density at radius 3 is 2.59 bits per heavy atom. The van der Waals surface area contributed by atoms with Crippen LogP contribution in [0.25, 0.3) is 0 Å². The van der Waals surface area contributed by atoms with Gasteiger partial charge in [-0.3, -0.25) is 4.79 Å². The Morgan fingerprint density at radius 2 is 1.95 bits per heavy atom. The van der Waals surface area contributed by atoms with E-state index in [1.54, 1.807) is 0 Å². The molecule has 0 aliphatic heterocycles. The fraction of sp³-hybridized carbons (Fsp3) is 0.611. The average Bonchev–Trinajstić information content (AvgIpc) is 2.49. The van der Waals surface area contributed by atoms with E-state index in [-0.39, 0.29) is 12.1 Å². The Labute approximate surface area is 132 Å². The molecule has 4 nitrogen and oxygen atoms in total. The fourth-order valence-electron chi connectivity index (χ4n) is 2.78. The number of fused-ring (bicyclic) bond motifs is 1. The summed E-state index contributed by atoms with van der Waals surface area (Å²) < 4.78 is 5.82. The molecular formula is C18H27NO3. The fourth-order valence-corrected chi connectivity index (χ4v) is 2.78. The number of nitrogens with one attached hydrogen (secondary N) is 1. The van der Waals surface area contributed by atoms with Gasteiger partial charge in [0.15, 0.2) is 0 Å². The molecule has 0 bridgehead atoms. The summed E-state index contributed by atoms with van der Waals surface area (Å²) in [5.74, 6) is 0.815. The number of hydrogen-bond donors (Lipinski definition) is 2. The number of aliphatic hydroxyl groups is 1.